The average molecular weight is 260 g/mol. The molecule has 0 aromatic rings. The Morgan fingerprint density at radius 3 is 2.39 bits per heavy atom. The summed E-state index contributed by atoms with van der Waals surface area (Å²) in [5, 5.41) is 2.42. The lowest BCUT2D eigenvalue weighted by Gasteiger charge is -2.21. The van der Waals surface area contributed by atoms with E-state index in [1.54, 1.807) is 0 Å². The predicted octanol–water partition coefficient (Wildman–Crippen LogP) is -2.41. The van der Waals surface area contributed by atoms with Crippen molar-refractivity contribution in [3.05, 3.63) is 0 Å². The maximum absolute atomic E-state index is 11.5. The monoisotopic (exact) mass is 260 g/mol. The van der Waals surface area contributed by atoms with E-state index >= 15 is 0 Å². The molecule has 0 aromatic carbocycles. The molecule has 18 heavy (non-hydrogen) atoms. The minimum absolute atomic E-state index is 0.170. The van der Waals surface area contributed by atoms with Gasteiger partial charge in [-0.15, -0.1) is 0 Å². The standard InChI is InChI=1S/C10H20N4O4/c1-10(13,3-2-4-11)9(17)18-8(16)6-14-5-7(12)15/h14H,2-6,11,13H2,1H3,(H2,12,15)/t10-/m0/s1. The van der Waals surface area contributed by atoms with Crippen LogP contribution in [0.4, 0.5) is 0 Å². The van der Waals surface area contributed by atoms with Crippen molar-refractivity contribution < 1.29 is 19.1 Å². The molecule has 0 bridgehead atoms. The first-order valence-corrected chi connectivity index (χ1v) is 5.52. The summed E-state index contributed by atoms with van der Waals surface area (Å²) in [7, 11) is 0. The normalized spacial score (nSPS) is 13.7. The molecule has 104 valence electrons. The highest BCUT2D eigenvalue weighted by Gasteiger charge is 2.31. The first kappa shape index (κ1) is 16.5. The van der Waals surface area contributed by atoms with E-state index < -0.39 is 23.4 Å². The highest BCUT2D eigenvalue weighted by Crippen LogP contribution is 2.10. The molecule has 0 heterocycles. The van der Waals surface area contributed by atoms with E-state index in [2.05, 4.69) is 10.1 Å². The maximum atomic E-state index is 11.5. The Labute approximate surface area is 105 Å². The van der Waals surface area contributed by atoms with Crippen LogP contribution in [0.15, 0.2) is 0 Å². The number of esters is 2. The molecule has 1 amide bonds. The zero-order valence-electron chi connectivity index (χ0n) is 10.4. The molecule has 7 N–H and O–H groups in total. The molecule has 0 aliphatic heterocycles. The second kappa shape index (κ2) is 7.75. The molecule has 8 heteroatoms. The van der Waals surface area contributed by atoms with Gasteiger partial charge in [0.1, 0.15) is 5.54 Å². The van der Waals surface area contributed by atoms with E-state index in [9.17, 15) is 14.4 Å². The van der Waals surface area contributed by atoms with E-state index in [1.807, 2.05) is 0 Å². The van der Waals surface area contributed by atoms with Gasteiger partial charge in [-0.2, -0.15) is 0 Å². The first-order chi connectivity index (χ1) is 8.29. The molecule has 0 aliphatic carbocycles. The van der Waals surface area contributed by atoms with Gasteiger partial charge in [0, 0.05) is 0 Å². The fourth-order valence-electron chi connectivity index (χ4n) is 1.12. The molecule has 0 radical (unpaired) electrons. The molecule has 0 saturated heterocycles. The molecular weight excluding hydrogens is 240 g/mol. The second-order valence-corrected chi connectivity index (χ2v) is 4.14. The third-order valence-corrected chi connectivity index (χ3v) is 2.14. The van der Waals surface area contributed by atoms with Crippen molar-refractivity contribution >= 4 is 17.8 Å². The van der Waals surface area contributed by atoms with E-state index in [0.717, 1.165) is 0 Å². The Hall–Kier alpha value is -1.51. The van der Waals surface area contributed by atoms with E-state index in [4.69, 9.17) is 17.2 Å². The van der Waals surface area contributed by atoms with Crippen LogP contribution in [0.3, 0.4) is 0 Å². The van der Waals surface area contributed by atoms with Crippen LogP contribution < -0.4 is 22.5 Å². The van der Waals surface area contributed by atoms with E-state index in [0.29, 0.717) is 19.4 Å². The molecule has 0 saturated carbocycles. The zero-order valence-corrected chi connectivity index (χ0v) is 10.4. The summed E-state index contributed by atoms with van der Waals surface area (Å²) in [5.74, 6) is -2.24. The van der Waals surface area contributed by atoms with Crippen LogP contribution in [0.5, 0.6) is 0 Å². The maximum Gasteiger partial charge on any atom is 0.333 e. The fourth-order valence-corrected chi connectivity index (χ4v) is 1.12. The van der Waals surface area contributed by atoms with Crippen molar-refractivity contribution in [1.82, 2.24) is 5.32 Å². The van der Waals surface area contributed by atoms with Gasteiger partial charge in [-0.3, -0.25) is 14.9 Å². The molecule has 1 atom stereocenters. The lowest BCUT2D eigenvalue weighted by Crippen LogP contribution is -2.48. The smallest absolute Gasteiger partial charge is 0.333 e. The quantitative estimate of drug-likeness (QED) is 0.280. The van der Waals surface area contributed by atoms with Gasteiger partial charge in [-0.25, -0.2) is 4.79 Å². The number of hydrogen-bond acceptors (Lipinski definition) is 7. The van der Waals surface area contributed by atoms with Crippen molar-refractivity contribution in [2.24, 2.45) is 17.2 Å². The summed E-state index contributed by atoms with van der Waals surface area (Å²) in [6.07, 6.45) is 0.876. The average Bonchev–Trinajstić information content (AvgIpc) is 2.25. The number of primary amides is 1. The number of hydrogen-bond donors (Lipinski definition) is 4. The molecule has 0 spiro atoms. The highest BCUT2D eigenvalue weighted by atomic mass is 16.6. The Morgan fingerprint density at radius 1 is 1.28 bits per heavy atom. The number of ether oxygens (including phenoxy) is 1. The summed E-state index contributed by atoms with van der Waals surface area (Å²) in [5.41, 5.74) is 14.6. The van der Waals surface area contributed by atoms with Gasteiger partial charge in [-0.1, -0.05) is 0 Å². The van der Waals surface area contributed by atoms with Gasteiger partial charge in [0.25, 0.3) is 0 Å². The van der Waals surface area contributed by atoms with E-state index in [1.165, 1.54) is 6.92 Å². The Bertz CT molecular complexity index is 317. The second-order valence-electron chi connectivity index (χ2n) is 4.14. The summed E-state index contributed by atoms with van der Waals surface area (Å²) in [6.45, 7) is 1.40. The number of carbonyl (C=O) groups excluding carboxylic acids is 3. The minimum atomic E-state index is -1.25. The molecule has 8 nitrogen and oxygen atoms in total. The van der Waals surface area contributed by atoms with Crippen molar-refractivity contribution in [2.45, 2.75) is 25.3 Å². The van der Waals surface area contributed by atoms with Gasteiger partial charge in [0.15, 0.2) is 0 Å². The van der Waals surface area contributed by atoms with Gasteiger partial charge < -0.3 is 21.9 Å². The van der Waals surface area contributed by atoms with Crippen LogP contribution in [0.25, 0.3) is 0 Å². The lowest BCUT2D eigenvalue weighted by molar-refractivity contribution is -0.162. The SMILES string of the molecule is C[C@](N)(CCCN)C(=O)OC(=O)CNCC(N)=O. The van der Waals surface area contributed by atoms with Gasteiger partial charge in [0.05, 0.1) is 13.1 Å². The number of nitrogens with two attached hydrogens (primary N) is 3. The van der Waals surface area contributed by atoms with Crippen LogP contribution in [0.1, 0.15) is 19.8 Å². The van der Waals surface area contributed by atoms with Crippen molar-refractivity contribution in [1.29, 1.82) is 0 Å². The number of nitrogens with one attached hydrogen (secondary N) is 1. The minimum Gasteiger partial charge on any atom is -0.391 e. The largest absolute Gasteiger partial charge is 0.391 e. The van der Waals surface area contributed by atoms with Crippen molar-refractivity contribution in [2.75, 3.05) is 19.6 Å². The van der Waals surface area contributed by atoms with Crippen molar-refractivity contribution in [3.63, 3.8) is 0 Å². The Balaban J connectivity index is 4.05. The molecule has 0 rings (SSSR count). The van der Waals surface area contributed by atoms with Gasteiger partial charge >= 0.3 is 11.9 Å². The van der Waals surface area contributed by atoms with E-state index in [-0.39, 0.29) is 13.1 Å². The van der Waals surface area contributed by atoms with Crippen LogP contribution in [-0.4, -0.2) is 43.0 Å². The van der Waals surface area contributed by atoms with Crippen molar-refractivity contribution in [3.8, 4) is 0 Å². The van der Waals surface area contributed by atoms with Crippen LogP contribution in [-0.2, 0) is 19.1 Å². The molecular formula is C10H20N4O4. The number of carbonyl (C=O) groups is 3. The third kappa shape index (κ3) is 6.94. The first-order valence-electron chi connectivity index (χ1n) is 5.52. The summed E-state index contributed by atoms with van der Waals surface area (Å²) < 4.78 is 4.54. The topological polar surface area (TPSA) is 151 Å². The predicted molar refractivity (Wildman–Crippen MR) is 64.0 cm³/mol. The molecule has 0 aliphatic rings. The lowest BCUT2D eigenvalue weighted by atomic mass is 9.97. The van der Waals surface area contributed by atoms with Crippen LogP contribution in [0, 0.1) is 0 Å². The number of rotatable bonds is 8. The van der Waals surface area contributed by atoms with Gasteiger partial charge in [-0.05, 0) is 26.3 Å². The molecule has 0 aromatic heterocycles. The molecule has 0 unspecified atom stereocenters. The highest BCUT2D eigenvalue weighted by molar-refractivity contribution is 5.91. The molecule has 0 fully saturated rings. The number of amides is 1. The summed E-state index contributed by atoms with van der Waals surface area (Å²) in [6, 6.07) is 0. The van der Waals surface area contributed by atoms with Crippen LogP contribution in [0.2, 0.25) is 0 Å². The fraction of sp³-hybridized carbons (Fsp3) is 0.700. The third-order valence-electron chi connectivity index (χ3n) is 2.14. The Morgan fingerprint density at radius 2 is 1.89 bits per heavy atom. The van der Waals surface area contributed by atoms with Gasteiger partial charge in [0.2, 0.25) is 5.91 Å². The Kier molecular flexibility index (Phi) is 7.10. The summed E-state index contributed by atoms with van der Waals surface area (Å²) in [4.78, 5) is 33.2. The summed E-state index contributed by atoms with van der Waals surface area (Å²) >= 11 is 0. The van der Waals surface area contributed by atoms with Crippen LogP contribution >= 0.6 is 0 Å². The zero-order chi connectivity index (χ0) is 14.2.